The molecule has 2 N–H and O–H groups in total. The van der Waals surface area contributed by atoms with Gasteiger partial charge in [-0.05, 0) is 49.4 Å². The van der Waals surface area contributed by atoms with Crippen LogP contribution in [0.5, 0.6) is 5.75 Å². The third-order valence-corrected chi connectivity index (χ3v) is 4.35. The highest BCUT2D eigenvalue weighted by atomic mass is 19.1. The third kappa shape index (κ3) is 3.33. The first-order valence-electron chi connectivity index (χ1n) is 8.02. The number of hydrogen-bond donors (Lipinski definition) is 1. The van der Waals surface area contributed by atoms with Gasteiger partial charge in [0.05, 0.1) is 5.69 Å². The number of nitrogens with two attached hydrogens (primary N) is 1. The molecule has 2 aromatic carbocycles. The minimum absolute atomic E-state index is 0.0742. The van der Waals surface area contributed by atoms with Crippen LogP contribution in [0.2, 0.25) is 0 Å². The molecule has 2 atom stereocenters. The highest BCUT2D eigenvalue weighted by Gasteiger charge is 2.34. The van der Waals surface area contributed by atoms with Crippen LogP contribution in [-0.2, 0) is 4.79 Å². The molecule has 0 spiro atoms. The molecule has 6 heteroatoms. The van der Waals surface area contributed by atoms with Crippen molar-refractivity contribution in [2.75, 3.05) is 4.90 Å². The van der Waals surface area contributed by atoms with Gasteiger partial charge in [-0.3, -0.25) is 9.59 Å². The van der Waals surface area contributed by atoms with E-state index >= 15 is 0 Å². The number of amides is 2. The molecule has 0 aromatic heterocycles. The molecule has 0 aliphatic carbocycles. The van der Waals surface area contributed by atoms with Crippen LogP contribution in [0.25, 0.3) is 0 Å². The summed E-state index contributed by atoms with van der Waals surface area (Å²) in [6.45, 7) is 3.44. The van der Waals surface area contributed by atoms with Crippen molar-refractivity contribution in [3.63, 3.8) is 0 Å². The van der Waals surface area contributed by atoms with Crippen molar-refractivity contribution in [1.29, 1.82) is 0 Å². The Morgan fingerprint density at radius 3 is 2.48 bits per heavy atom. The molecule has 0 saturated heterocycles. The quantitative estimate of drug-likeness (QED) is 0.931. The van der Waals surface area contributed by atoms with Crippen molar-refractivity contribution in [3.05, 3.63) is 59.4 Å². The lowest BCUT2D eigenvalue weighted by Gasteiger charge is -2.39. The van der Waals surface area contributed by atoms with E-state index in [1.54, 1.807) is 35.2 Å². The van der Waals surface area contributed by atoms with Crippen LogP contribution in [0, 0.1) is 5.82 Å². The van der Waals surface area contributed by atoms with Gasteiger partial charge in [0.2, 0.25) is 11.8 Å². The Morgan fingerprint density at radius 1 is 1.20 bits per heavy atom. The van der Waals surface area contributed by atoms with Gasteiger partial charge in [0.15, 0.2) is 0 Å². The second kappa shape index (κ2) is 6.55. The topological polar surface area (TPSA) is 72.6 Å². The molecule has 0 fully saturated rings. The molecule has 0 saturated carbocycles. The van der Waals surface area contributed by atoms with E-state index in [0.29, 0.717) is 29.0 Å². The zero-order valence-electron chi connectivity index (χ0n) is 14.0. The average Bonchev–Trinajstić information content (AvgIpc) is 2.56. The largest absolute Gasteiger partial charge is 0.486 e. The van der Waals surface area contributed by atoms with E-state index in [4.69, 9.17) is 10.5 Å². The fourth-order valence-electron chi connectivity index (χ4n) is 3.23. The summed E-state index contributed by atoms with van der Waals surface area (Å²) in [5.74, 6) is -0.453. The predicted octanol–water partition coefficient (Wildman–Crippen LogP) is 3.19. The molecule has 1 heterocycles. The van der Waals surface area contributed by atoms with Gasteiger partial charge < -0.3 is 15.4 Å². The number of hydrogen-bond acceptors (Lipinski definition) is 3. The van der Waals surface area contributed by atoms with Crippen molar-refractivity contribution in [2.24, 2.45) is 5.73 Å². The number of benzene rings is 2. The number of halogens is 1. The highest BCUT2D eigenvalue weighted by molar-refractivity contribution is 5.97. The van der Waals surface area contributed by atoms with Crippen LogP contribution < -0.4 is 15.4 Å². The minimum atomic E-state index is -0.545. The summed E-state index contributed by atoms with van der Waals surface area (Å²) in [7, 11) is 0. The van der Waals surface area contributed by atoms with Gasteiger partial charge in [0.25, 0.3) is 0 Å². The van der Waals surface area contributed by atoms with Gasteiger partial charge in [-0.25, -0.2) is 4.39 Å². The second-order valence-corrected chi connectivity index (χ2v) is 6.17. The van der Waals surface area contributed by atoms with Crippen LogP contribution in [-0.4, -0.2) is 17.9 Å². The SMILES string of the molecule is CC(=O)N1c2ccc(C(N)=O)cc2[C@H](Oc2ccc(F)cc2)C[C@@H]1C. The Kier molecular flexibility index (Phi) is 4.44. The summed E-state index contributed by atoms with van der Waals surface area (Å²) >= 11 is 0. The Labute approximate surface area is 145 Å². The van der Waals surface area contributed by atoms with Gasteiger partial charge in [0.1, 0.15) is 17.7 Å². The summed E-state index contributed by atoms with van der Waals surface area (Å²) < 4.78 is 19.1. The number of fused-ring (bicyclic) bond motifs is 1. The lowest BCUT2D eigenvalue weighted by atomic mass is 9.92. The Hall–Kier alpha value is -2.89. The van der Waals surface area contributed by atoms with Crippen LogP contribution in [0.4, 0.5) is 10.1 Å². The molecule has 3 rings (SSSR count). The third-order valence-electron chi connectivity index (χ3n) is 4.35. The fourth-order valence-corrected chi connectivity index (χ4v) is 3.23. The van der Waals surface area contributed by atoms with E-state index in [0.717, 1.165) is 0 Å². The number of primary amides is 1. The smallest absolute Gasteiger partial charge is 0.248 e. The molecule has 2 amide bonds. The number of anilines is 1. The Balaban J connectivity index is 2.03. The Morgan fingerprint density at radius 2 is 1.88 bits per heavy atom. The van der Waals surface area contributed by atoms with Gasteiger partial charge >= 0.3 is 0 Å². The van der Waals surface area contributed by atoms with Crippen molar-refractivity contribution < 1.29 is 18.7 Å². The fraction of sp³-hybridized carbons (Fsp3) is 0.263. The van der Waals surface area contributed by atoms with Crippen molar-refractivity contribution in [1.82, 2.24) is 0 Å². The summed E-state index contributed by atoms with van der Waals surface area (Å²) in [4.78, 5) is 25.3. The monoisotopic (exact) mass is 342 g/mol. The van der Waals surface area contributed by atoms with E-state index in [-0.39, 0.29) is 23.9 Å². The lowest BCUT2D eigenvalue weighted by molar-refractivity contribution is -0.117. The first kappa shape index (κ1) is 17.0. The molecule has 5 nitrogen and oxygen atoms in total. The molecule has 25 heavy (non-hydrogen) atoms. The lowest BCUT2D eigenvalue weighted by Crippen LogP contribution is -2.43. The second-order valence-electron chi connectivity index (χ2n) is 6.17. The summed E-state index contributed by atoms with van der Waals surface area (Å²) in [6, 6.07) is 10.7. The van der Waals surface area contributed by atoms with E-state index in [2.05, 4.69) is 0 Å². The molecule has 0 bridgehead atoms. The molecule has 2 aromatic rings. The predicted molar refractivity (Wildman–Crippen MR) is 92.0 cm³/mol. The van der Waals surface area contributed by atoms with Crippen LogP contribution in [0.1, 0.15) is 42.3 Å². The summed E-state index contributed by atoms with van der Waals surface area (Å²) in [5, 5.41) is 0. The molecule has 1 aliphatic rings. The number of carbonyl (C=O) groups excluding carboxylic acids is 2. The maximum absolute atomic E-state index is 13.1. The van der Waals surface area contributed by atoms with Gasteiger partial charge in [-0.1, -0.05) is 0 Å². The molecule has 0 radical (unpaired) electrons. The maximum atomic E-state index is 13.1. The number of carbonyl (C=O) groups is 2. The van der Waals surface area contributed by atoms with Crippen molar-refractivity contribution >= 4 is 17.5 Å². The standard InChI is InChI=1S/C19H19FN2O3/c1-11-9-18(25-15-6-4-14(20)5-7-15)16-10-13(19(21)24)3-8-17(16)22(11)12(2)23/h3-8,10-11,18H,9H2,1-2H3,(H2,21,24)/t11-,18+/m0/s1. The van der Waals surface area contributed by atoms with Crippen LogP contribution in [0.15, 0.2) is 42.5 Å². The molecule has 130 valence electrons. The van der Waals surface area contributed by atoms with E-state index < -0.39 is 5.91 Å². The average molecular weight is 342 g/mol. The van der Waals surface area contributed by atoms with E-state index in [9.17, 15) is 14.0 Å². The van der Waals surface area contributed by atoms with Gasteiger partial charge in [-0.2, -0.15) is 0 Å². The van der Waals surface area contributed by atoms with E-state index in [1.807, 2.05) is 6.92 Å². The van der Waals surface area contributed by atoms with Gasteiger partial charge in [0, 0.05) is 30.5 Å². The molecular weight excluding hydrogens is 323 g/mol. The minimum Gasteiger partial charge on any atom is -0.486 e. The van der Waals surface area contributed by atoms with Crippen LogP contribution >= 0.6 is 0 Å². The first-order valence-corrected chi connectivity index (χ1v) is 8.02. The van der Waals surface area contributed by atoms with Gasteiger partial charge in [-0.15, -0.1) is 0 Å². The van der Waals surface area contributed by atoms with Crippen molar-refractivity contribution in [2.45, 2.75) is 32.4 Å². The highest BCUT2D eigenvalue weighted by Crippen LogP contribution is 2.40. The maximum Gasteiger partial charge on any atom is 0.248 e. The normalized spacial score (nSPS) is 19.2. The van der Waals surface area contributed by atoms with Crippen LogP contribution in [0.3, 0.4) is 0 Å². The zero-order valence-corrected chi connectivity index (χ0v) is 14.0. The number of rotatable bonds is 3. The molecule has 0 unspecified atom stereocenters. The first-order chi connectivity index (χ1) is 11.9. The van der Waals surface area contributed by atoms with E-state index in [1.165, 1.54) is 19.1 Å². The zero-order chi connectivity index (χ0) is 18.1. The molecular formula is C19H19FN2O3. The summed E-state index contributed by atoms with van der Waals surface area (Å²) in [6.07, 6.45) is 0.178. The number of nitrogens with zero attached hydrogens (tertiary/aromatic N) is 1. The Bertz CT molecular complexity index is 820. The molecule has 1 aliphatic heterocycles. The van der Waals surface area contributed by atoms with Crippen molar-refractivity contribution in [3.8, 4) is 5.75 Å². The summed E-state index contributed by atoms with van der Waals surface area (Å²) in [5.41, 5.74) is 7.15. The number of ether oxygens (including phenoxy) is 1.